The van der Waals surface area contributed by atoms with Crippen LogP contribution < -0.4 is 0 Å². The quantitative estimate of drug-likeness (QED) is 0.276. The Labute approximate surface area is 201 Å². The lowest BCUT2D eigenvalue weighted by molar-refractivity contribution is 1.01. The van der Waals surface area contributed by atoms with Crippen molar-refractivity contribution >= 4 is 43.6 Å². The maximum Gasteiger partial charge on any atom is 0.140 e. The van der Waals surface area contributed by atoms with Crippen molar-refractivity contribution in [1.82, 2.24) is 14.1 Å². The van der Waals surface area contributed by atoms with Crippen LogP contribution >= 0.6 is 0 Å². The highest BCUT2D eigenvalue weighted by atomic mass is 15.1. The Balaban J connectivity index is 1.54. The summed E-state index contributed by atoms with van der Waals surface area (Å²) in [5, 5.41) is 14.1. The van der Waals surface area contributed by atoms with Gasteiger partial charge in [0, 0.05) is 21.5 Å². The summed E-state index contributed by atoms with van der Waals surface area (Å²) in [5.74, 6) is 1.72. The van der Waals surface area contributed by atoms with Gasteiger partial charge < -0.3 is 0 Å². The van der Waals surface area contributed by atoms with Crippen LogP contribution in [0.25, 0.3) is 55.2 Å². The molecule has 0 saturated heterocycles. The molecule has 4 nitrogen and oxygen atoms in total. The molecule has 3 heterocycles. The fraction of sp³-hybridized carbons (Fsp3) is 0.0323. The number of aryl methyl sites for hydroxylation is 1. The van der Waals surface area contributed by atoms with Crippen molar-refractivity contribution in [3.63, 3.8) is 0 Å². The summed E-state index contributed by atoms with van der Waals surface area (Å²) in [6, 6.07) is 37.7. The molecule has 0 spiro atoms. The molecule has 4 aromatic carbocycles. The third-order valence-electron chi connectivity index (χ3n) is 6.81. The van der Waals surface area contributed by atoms with Crippen LogP contribution in [0, 0.1) is 18.3 Å². The highest BCUT2D eigenvalue weighted by Gasteiger charge is 2.16. The summed E-state index contributed by atoms with van der Waals surface area (Å²) in [5.41, 5.74) is 6.23. The van der Waals surface area contributed by atoms with Crippen LogP contribution in [-0.4, -0.2) is 14.1 Å². The minimum absolute atomic E-state index is 0.657. The van der Waals surface area contributed by atoms with E-state index in [9.17, 15) is 5.26 Å². The Hall–Kier alpha value is -4.88. The fourth-order valence-electron chi connectivity index (χ4n) is 5.28. The lowest BCUT2D eigenvalue weighted by Crippen LogP contribution is -2.03. The Morgan fingerprint density at radius 2 is 1.11 bits per heavy atom. The van der Waals surface area contributed by atoms with Gasteiger partial charge in [-0.15, -0.1) is 0 Å². The maximum absolute atomic E-state index is 9.49. The van der Waals surface area contributed by atoms with Gasteiger partial charge in [-0.2, -0.15) is 5.26 Å². The molecular weight excluding hydrogens is 428 g/mol. The molecule has 0 aliphatic rings. The topological polar surface area (TPSA) is 46.5 Å². The summed E-state index contributed by atoms with van der Waals surface area (Å²) in [7, 11) is 0. The molecule has 7 aromatic rings. The van der Waals surface area contributed by atoms with Crippen LogP contribution in [0.4, 0.5) is 0 Å². The molecule has 4 heteroatoms. The van der Waals surface area contributed by atoms with Gasteiger partial charge in [0.1, 0.15) is 11.6 Å². The van der Waals surface area contributed by atoms with Gasteiger partial charge in [-0.05, 0) is 61.5 Å². The van der Waals surface area contributed by atoms with Crippen LogP contribution in [0.15, 0.2) is 103 Å². The molecule has 7 rings (SSSR count). The second-order valence-electron chi connectivity index (χ2n) is 8.92. The van der Waals surface area contributed by atoms with Crippen LogP contribution in [0.1, 0.15) is 11.1 Å². The Kier molecular flexibility index (Phi) is 4.09. The molecule has 0 aliphatic heterocycles. The smallest absolute Gasteiger partial charge is 0.140 e. The standard InChI is InChI=1S/C31H20N4/c1-20-13-15-28-24(17-20)25-18-21(19-32)14-16-29(25)35(28)31-12-6-11-30(33-31)34-26-9-4-2-7-22(26)23-8-3-5-10-27(23)34/h2-18H,1H3. The minimum Gasteiger partial charge on any atom is -0.294 e. The maximum atomic E-state index is 9.49. The number of para-hydroxylation sites is 2. The highest BCUT2D eigenvalue weighted by Crippen LogP contribution is 2.34. The highest BCUT2D eigenvalue weighted by molar-refractivity contribution is 6.10. The van der Waals surface area contributed by atoms with Gasteiger partial charge in [-0.25, -0.2) is 4.98 Å². The van der Waals surface area contributed by atoms with E-state index in [1.807, 2.05) is 24.3 Å². The van der Waals surface area contributed by atoms with E-state index in [1.54, 1.807) is 0 Å². The molecule has 0 N–H and O–H groups in total. The van der Waals surface area contributed by atoms with E-state index in [0.29, 0.717) is 5.56 Å². The predicted octanol–water partition coefficient (Wildman–Crippen LogP) is 7.46. The second-order valence-corrected chi connectivity index (χ2v) is 8.92. The van der Waals surface area contributed by atoms with Gasteiger partial charge in [0.2, 0.25) is 0 Å². The van der Waals surface area contributed by atoms with Crippen LogP contribution in [0.5, 0.6) is 0 Å². The Morgan fingerprint density at radius 1 is 0.571 bits per heavy atom. The van der Waals surface area contributed by atoms with E-state index in [4.69, 9.17) is 4.98 Å². The predicted molar refractivity (Wildman–Crippen MR) is 142 cm³/mol. The molecule has 0 aliphatic carbocycles. The third-order valence-corrected chi connectivity index (χ3v) is 6.81. The zero-order valence-corrected chi connectivity index (χ0v) is 19.1. The van der Waals surface area contributed by atoms with Crippen molar-refractivity contribution in [2.75, 3.05) is 0 Å². The Bertz CT molecular complexity index is 1930. The van der Waals surface area contributed by atoms with Crippen LogP contribution in [0.3, 0.4) is 0 Å². The van der Waals surface area contributed by atoms with Crippen LogP contribution in [-0.2, 0) is 0 Å². The first-order chi connectivity index (χ1) is 17.2. The first-order valence-electron chi connectivity index (χ1n) is 11.6. The molecule has 0 amide bonds. The first-order valence-corrected chi connectivity index (χ1v) is 11.6. The van der Waals surface area contributed by atoms with Crippen molar-refractivity contribution in [2.24, 2.45) is 0 Å². The second kappa shape index (κ2) is 7.31. The average molecular weight is 449 g/mol. The number of rotatable bonds is 2. The van der Waals surface area contributed by atoms with Gasteiger partial charge in [-0.3, -0.25) is 9.13 Å². The van der Waals surface area contributed by atoms with Gasteiger partial charge in [0.25, 0.3) is 0 Å². The van der Waals surface area contributed by atoms with Gasteiger partial charge in [-0.1, -0.05) is 54.1 Å². The van der Waals surface area contributed by atoms with E-state index >= 15 is 0 Å². The van der Waals surface area contributed by atoms with Crippen LogP contribution in [0.2, 0.25) is 0 Å². The monoisotopic (exact) mass is 448 g/mol. The zero-order chi connectivity index (χ0) is 23.5. The number of hydrogen-bond donors (Lipinski definition) is 0. The van der Waals surface area contributed by atoms with E-state index in [2.05, 4.69) is 101 Å². The molecule has 0 saturated carbocycles. The van der Waals surface area contributed by atoms with Crippen molar-refractivity contribution in [1.29, 1.82) is 5.26 Å². The zero-order valence-electron chi connectivity index (χ0n) is 19.1. The van der Waals surface area contributed by atoms with Gasteiger partial charge in [0.05, 0.1) is 33.7 Å². The summed E-state index contributed by atoms with van der Waals surface area (Å²) in [4.78, 5) is 5.18. The van der Waals surface area contributed by atoms with Gasteiger partial charge >= 0.3 is 0 Å². The summed E-state index contributed by atoms with van der Waals surface area (Å²) < 4.78 is 4.43. The number of nitrogens with zero attached hydrogens (tertiary/aromatic N) is 4. The molecule has 0 radical (unpaired) electrons. The van der Waals surface area contributed by atoms with E-state index in [1.165, 1.54) is 16.3 Å². The number of pyridine rings is 1. The molecular formula is C31H20N4. The molecule has 3 aromatic heterocycles. The number of benzene rings is 4. The largest absolute Gasteiger partial charge is 0.294 e. The van der Waals surface area contributed by atoms with E-state index in [-0.39, 0.29) is 0 Å². The SMILES string of the molecule is Cc1ccc2c(c1)c1cc(C#N)ccc1n2-c1cccc(-n2c3ccccc3c3ccccc32)n1. The van der Waals surface area contributed by atoms with E-state index in [0.717, 1.165) is 44.5 Å². The van der Waals surface area contributed by atoms with Crippen molar-refractivity contribution < 1.29 is 0 Å². The summed E-state index contributed by atoms with van der Waals surface area (Å²) in [6.07, 6.45) is 0. The molecule has 0 bridgehead atoms. The number of fused-ring (bicyclic) bond motifs is 6. The van der Waals surface area contributed by atoms with Crippen molar-refractivity contribution in [3.05, 3.63) is 114 Å². The fourth-order valence-corrected chi connectivity index (χ4v) is 5.28. The summed E-state index contributed by atoms with van der Waals surface area (Å²) >= 11 is 0. The molecule has 0 unspecified atom stereocenters. The number of nitriles is 1. The first kappa shape index (κ1) is 19.6. The molecule has 35 heavy (non-hydrogen) atoms. The lowest BCUT2D eigenvalue weighted by atomic mass is 10.1. The number of aromatic nitrogens is 3. The summed E-state index contributed by atoms with van der Waals surface area (Å²) in [6.45, 7) is 2.10. The molecule has 164 valence electrons. The average Bonchev–Trinajstić information content (AvgIpc) is 3.41. The third kappa shape index (κ3) is 2.82. The number of hydrogen-bond acceptors (Lipinski definition) is 2. The van der Waals surface area contributed by atoms with E-state index < -0.39 is 0 Å². The minimum atomic E-state index is 0.657. The normalized spacial score (nSPS) is 11.5. The molecule has 0 fully saturated rings. The van der Waals surface area contributed by atoms with Crippen molar-refractivity contribution in [3.8, 4) is 17.7 Å². The Morgan fingerprint density at radius 3 is 1.74 bits per heavy atom. The molecule has 0 atom stereocenters. The van der Waals surface area contributed by atoms with Crippen molar-refractivity contribution in [2.45, 2.75) is 6.92 Å². The van der Waals surface area contributed by atoms with Gasteiger partial charge in [0.15, 0.2) is 0 Å². The lowest BCUT2D eigenvalue weighted by Gasteiger charge is -2.11.